The van der Waals surface area contributed by atoms with Crippen LogP contribution in [0.1, 0.15) is 12.5 Å². The molecule has 0 aromatic heterocycles. The smallest absolute Gasteiger partial charge is 0.137 e. The fourth-order valence-electron chi connectivity index (χ4n) is 2.25. The largest absolute Gasteiger partial charge is 0.462 e. The number of benzene rings is 1. The number of hydrogen-bond acceptors (Lipinski definition) is 4. The molecule has 0 saturated carbocycles. The molecule has 4 heteroatoms. The highest BCUT2D eigenvalue weighted by atomic mass is 16.5. The van der Waals surface area contributed by atoms with E-state index in [0.29, 0.717) is 17.1 Å². The van der Waals surface area contributed by atoms with Crippen molar-refractivity contribution in [3.8, 4) is 12.1 Å². The highest BCUT2D eigenvalue weighted by Crippen LogP contribution is 2.24. The van der Waals surface area contributed by atoms with Crippen LogP contribution in [0.25, 0.3) is 6.08 Å². The van der Waals surface area contributed by atoms with E-state index in [9.17, 15) is 0 Å². The number of hydrogen-bond donors (Lipinski definition) is 0. The van der Waals surface area contributed by atoms with Crippen LogP contribution >= 0.6 is 0 Å². The zero-order valence-corrected chi connectivity index (χ0v) is 13.4. The second-order valence-electron chi connectivity index (χ2n) is 5.24. The second kappa shape index (κ2) is 7.15. The third kappa shape index (κ3) is 3.90. The molecule has 4 nitrogen and oxygen atoms in total. The summed E-state index contributed by atoms with van der Waals surface area (Å²) >= 11 is 0. The molecule has 1 aromatic rings. The summed E-state index contributed by atoms with van der Waals surface area (Å²) in [4.78, 5) is 2.04. The quantitative estimate of drug-likeness (QED) is 0.794. The third-order valence-corrected chi connectivity index (χ3v) is 3.29. The minimum absolute atomic E-state index is 0.0761. The lowest BCUT2D eigenvalue weighted by molar-refractivity contribution is 0.318. The summed E-state index contributed by atoms with van der Waals surface area (Å²) in [6, 6.07) is 11.8. The fourth-order valence-corrected chi connectivity index (χ4v) is 2.25. The average Bonchev–Trinajstić information content (AvgIpc) is 2.54. The first-order chi connectivity index (χ1) is 11.0. The number of rotatable bonds is 3. The van der Waals surface area contributed by atoms with Crippen LogP contribution in [-0.2, 0) is 4.74 Å². The Morgan fingerprint density at radius 1 is 1.09 bits per heavy atom. The Balaban J connectivity index is 2.36. The van der Waals surface area contributed by atoms with Crippen LogP contribution in [-0.4, -0.2) is 14.1 Å². The van der Waals surface area contributed by atoms with Crippen LogP contribution in [0.4, 0.5) is 5.69 Å². The van der Waals surface area contributed by atoms with Crippen molar-refractivity contribution in [3.63, 3.8) is 0 Å². The Morgan fingerprint density at radius 3 is 2.43 bits per heavy atom. The van der Waals surface area contributed by atoms with Crippen LogP contribution < -0.4 is 4.90 Å². The van der Waals surface area contributed by atoms with Gasteiger partial charge in [-0.1, -0.05) is 18.2 Å². The van der Waals surface area contributed by atoms with Gasteiger partial charge < -0.3 is 9.64 Å². The van der Waals surface area contributed by atoms with Gasteiger partial charge in [-0.05, 0) is 42.9 Å². The first kappa shape index (κ1) is 16.1. The van der Waals surface area contributed by atoms with Gasteiger partial charge in [-0.2, -0.15) is 10.5 Å². The molecule has 1 heterocycles. The Morgan fingerprint density at radius 2 is 1.78 bits per heavy atom. The van der Waals surface area contributed by atoms with Crippen LogP contribution in [0.3, 0.4) is 0 Å². The third-order valence-electron chi connectivity index (χ3n) is 3.29. The lowest BCUT2D eigenvalue weighted by Crippen LogP contribution is -2.09. The summed E-state index contributed by atoms with van der Waals surface area (Å²) in [5.74, 6) is 1.24. The Kier molecular flexibility index (Phi) is 5.02. The maximum atomic E-state index is 9.00. The number of nitriles is 2. The van der Waals surface area contributed by atoms with Gasteiger partial charge in [0.25, 0.3) is 0 Å². The molecule has 1 aromatic carbocycles. The van der Waals surface area contributed by atoms with Gasteiger partial charge in [-0.3, -0.25) is 0 Å². The molecule has 0 amide bonds. The molecule has 0 unspecified atom stereocenters. The van der Waals surface area contributed by atoms with Crippen LogP contribution in [0, 0.1) is 22.7 Å². The Labute approximate surface area is 136 Å². The molecule has 0 atom stereocenters. The fraction of sp³-hybridized carbons (Fsp3) is 0.158. The summed E-state index contributed by atoms with van der Waals surface area (Å²) in [6.07, 6.45) is 7.18. The van der Waals surface area contributed by atoms with Gasteiger partial charge in [0, 0.05) is 25.4 Å². The van der Waals surface area contributed by atoms with Crippen LogP contribution in [0.5, 0.6) is 0 Å². The van der Waals surface area contributed by atoms with E-state index in [0.717, 1.165) is 11.3 Å². The van der Waals surface area contributed by atoms with Gasteiger partial charge in [-0.25, -0.2) is 0 Å². The van der Waals surface area contributed by atoms with Crippen LogP contribution in [0.15, 0.2) is 65.2 Å². The topological polar surface area (TPSA) is 60.0 Å². The van der Waals surface area contributed by atoms with Gasteiger partial charge in [0.15, 0.2) is 0 Å². The summed E-state index contributed by atoms with van der Waals surface area (Å²) < 4.78 is 5.65. The normalized spacial score (nSPS) is 13.5. The number of para-hydroxylation sites is 1. The minimum atomic E-state index is 0.0761. The predicted molar refractivity (Wildman–Crippen MR) is 91.0 cm³/mol. The molecular formula is C19H17N3O. The lowest BCUT2D eigenvalue weighted by Gasteiger charge is -2.16. The van der Waals surface area contributed by atoms with E-state index in [1.165, 1.54) is 0 Å². The second-order valence-corrected chi connectivity index (χ2v) is 5.24. The van der Waals surface area contributed by atoms with Crippen molar-refractivity contribution in [1.29, 1.82) is 10.5 Å². The molecule has 2 rings (SSSR count). The number of anilines is 1. The van der Waals surface area contributed by atoms with Crippen molar-refractivity contribution in [2.24, 2.45) is 0 Å². The molecule has 0 aliphatic carbocycles. The summed E-state index contributed by atoms with van der Waals surface area (Å²) in [6.45, 7) is 1.79. The molecule has 0 N–H and O–H groups in total. The van der Waals surface area contributed by atoms with Gasteiger partial charge in [0.1, 0.15) is 29.2 Å². The molecule has 1 aliphatic rings. The number of allylic oxidation sites excluding steroid dienone is 6. The van der Waals surface area contributed by atoms with E-state index in [1.54, 1.807) is 19.1 Å². The highest BCUT2D eigenvalue weighted by molar-refractivity contribution is 5.68. The standard InChI is InChI=1S/C19H17N3O/c1-14-10-16(17(12-20)13-21)11-18(23-14)9-8-15-6-4-5-7-19(15)22(2)3/h4-11H,1-3H3/b9-8+. The van der Waals surface area contributed by atoms with E-state index in [2.05, 4.69) is 0 Å². The Hall–Kier alpha value is -3.24. The van der Waals surface area contributed by atoms with Crippen molar-refractivity contribution >= 4 is 11.8 Å². The SMILES string of the molecule is CC1=CC(=C(C#N)C#N)C=C(/C=C/c2ccccc2N(C)C)O1. The summed E-state index contributed by atoms with van der Waals surface area (Å²) in [5.41, 5.74) is 2.80. The lowest BCUT2D eigenvalue weighted by atomic mass is 10.1. The molecule has 114 valence electrons. The molecule has 23 heavy (non-hydrogen) atoms. The predicted octanol–water partition coefficient (Wildman–Crippen LogP) is 3.93. The van der Waals surface area contributed by atoms with Crippen LogP contribution in [0.2, 0.25) is 0 Å². The molecule has 1 aliphatic heterocycles. The first-order valence-electron chi connectivity index (χ1n) is 7.12. The first-order valence-corrected chi connectivity index (χ1v) is 7.12. The molecule has 0 radical (unpaired) electrons. The maximum Gasteiger partial charge on any atom is 0.137 e. The number of ether oxygens (including phenoxy) is 1. The Bertz CT molecular complexity index is 796. The molecule has 0 fully saturated rings. The average molecular weight is 303 g/mol. The van der Waals surface area contributed by atoms with Crippen molar-refractivity contribution in [2.45, 2.75) is 6.92 Å². The zero-order chi connectivity index (χ0) is 16.8. The highest BCUT2D eigenvalue weighted by Gasteiger charge is 2.10. The van der Waals surface area contributed by atoms with Crippen molar-refractivity contribution in [2.75, 3.05) is 19.0 Å². The van der Waals surface area contributed by atoms with Gasteiger partial charge >= 0.3 is 0 Å². The van der Waals surface area contributed by atoms with E-state index in [1.807, 2.05) is 67.6 Å². The van der Waals surface area contributed by atoms with Gasteiger partial charge in [-0.15, -0.1) is 0 Å². The van der Waals surface area contributed by atoms with Gasteiger partial charge in [0.05, 0.1) is 0 Å². The maximum absolute atomic E-state index is 9.00. The van der Waals surface area contributed by atoms with E-state index in [4.69, 9.17) is 15.3 Å². The van der Waals surface area contributed by atoms with Crippen molar-refractivity contribution in [1.82, 2.24) is 0 Å². The summed E-state index contributed by atoms with van der Waals surface area (Å²) in [7, 11) is 3.98. The minimum Gasteiger partial charge on any atom is -0.462 e. The van der Waals surface area contributed by atoms with Crippen molar-refractivity contribution < 1.29 is 4.74 Å². The molecular weight excluding hydrogens is 286 g/mol. The van der Waals surface area contributed by atoms with E-state index >= 15 is 0 Å². The van der Waals surface area contributed by atoms with Crippen molar-refractivity contribution in [3.05, 3.63) is 70.7 Å². The zero-order valence-electron chi connectivity index (χ0n) is 13.4. The van der Waals surface area contributed by atoms with E-state index in [-0.39, 0.29) is 5.57 Å². The molecule has 0 spiro atoms. The number of nitrogens with zero attached hydrogens (tertiary/aromatic N) is 3. The molecule has 0 saturated heterocycles. The summed E-state index contributed by atoms with van der Waals surface area (Å²) in [5, 5.41) is 18.0. The van der Waals surface area contributed by atoms with Gasteiger partial charge in [0.2, 0.25) is 0 Å². The molecule has 0 bridgehead atoms. The van der Waals surface area contributed by atoms with E-state index < -0.39 is 0 Å². The monoisotopic (exact) mass is 303 g/mol.